The Hall–Kier alpha value is -2.29. The summed E-state index contributed by atoms with van der Waals surface area (Å²) in [5.41, 5.74) is -0.540. The van der Waals surface area contributed by atoms with Gasteiger partial charge in [0.25, 0.3) is 5.56 Å². The molecular formula is C14H11BrF2N2O4. The van der Waals surface area contributed by atoms with E-state index in [1.165, 1.54) is 13.0 Å². The zero-order chi connectivity index (χ0) is 17.1. The van der Waals surface area contributed by atoms with Crippen molar-refractivity contribution >= 4 is 21.9 Å². The number of hydrogen-bond acceptors (Lipinski definition) is 4. The van der Waals surface area contributed by atoms with Crippen LogP contribution in [-0.4, -0.2) is 20.6 Å². The van der Waals surface area contributed by atoms with Gasteiger partial charge in [0.05, 0.1) is 0 Å². The van der Waals surface area contributed by atoms with Gasteiger partial charge < -0.3 is 9.84 Å². The highest BCUT2D eigenvalue weighted by Gasteiger charge is 2.16. The van der Waals surface area contributed by atoms with E-state index >= 15 is 0 Å². The summed E-state index contributed by atoms with van der Waals surface area (Å²) in [5, 5.41) is 8.77. The van der Waals surface area contributed by atoms with Crippen molar-refractivity contribution in [2.24, 2.45) is 0 Å². The molecule has 1 aromatic carbocycles. The number of rotatable bonds is 5. The molecule has 0 saturated carbocycles. The van der Waals surface area contributed by atoms with Crippen molar-refractivity contribution in [3.63, 3.8) is 0 Å². The smallest absolute Gasteiger partial charge is 0.323 e. The maximum atomic E-state index is 13.5. The van der Waals surface area contributed by atoms with Crippen molar-refractivity contribution in [2.75, 3.05) is 0 Å². The van der Waals surface area contributed by atoms with Crippen LogP contribution in [0, 0.1) is 18.6 Å². The lowest BCUT2D eigenvalue weighted by atomic mass is 10.2. The molecule has 0 spiro atoms. The summed E-state index contributed by atoms with van der Waals surface area (Å²) in [4.78, 5) is 26.8. The molecule has 1 aromatic heterocycles. The molecule has 6 nitrogen and oxygen atoms in total. The van der Waals surface area contributed by atoms with E-state index < -0.39 is 29.7 Å². The molecule has 0 amide bonds. The summed E-state index contributed by atoms with van der Waals surface area (Å²) in [6, 6.07) is 3.02. The number of carbonyl (C=O) groups is 1. The first-order chi connectivity index (χ1) is 10.8. The van der Waals surface area contributed by atoms with Crippen LogP contribution in [0.25, 0.3) is 0 Å². The Morgan fingerprint density at radius 2 is 2.13 bits per heavy atom. The van der Waals surface area contributed by atoms with E-state index in [1.807, 2.05) is 0 Å². The molecule has 2 aromatic rings. The van der Waals surface area contributed by atoms with E-state index in [9.17, 15) is 18.4 Å². The maximum absolute atomic E-state index is 13.5. The highest BCUT2D eigenvalue weighted by molar-refractivity contribution is 9.10. The molecule has 1 heterocycles. The molecular weight excluding hydrogens is 378 g/mol. The zero-order valence-electron chi connectivity index (χ0n) is 11.8. The molecule has 0 saturated heterocycles. The summed E-state index contributed by atoms with van der Waals surface area (Å²) in [5.74, 6) is -2.64. The van der Waals surface area contributed by atoms with Gasteiger partial charge in [-0.05, 0) is 35.0 Å². The number of aryl methyl sites for hydroxylation is 1. The molecule has 0 aliphatic heterocycles. The third-order valence-electron chi connectivity index (χ3n) is 2.95. The number of ether oxygens (including phenoxy) is 1. The molecule has 122 valence electrons. The second-order valence-electron chi connectivity index (χ2n) is 4.59. The third kappa shape index (κ3) is 3.92. The highest BCUT2D eigenvalue weighted by Crippen LogP contribution is 2.20. The van der Waals surface area contributed by atoms with Crippen molar-refractivity contribution in [1.82, 2.24) is 9.55 Å². The van der Waals surface area contributed by atoms with Gasteiger partial charge in [0.2, 0.25) is 5.88 Å². The monoisotopic (exact) mass is 388 g/mol. The quantitative estimate of drug-likeness (QED) is 0.849. The molecule has 0 atom stereocenters. The van der Waals surface area contributed by atoms with Crippen LogP contribution < -0.4 is 10.3 Å². The van der Waals surface area contributed by atoms with Crippen molar-refractivity contribution < 1.29 is 23.4 Å². The number of carboxylic acids is 1. The van der Waals surface area contributed by atoms with Crippen LogP contribution in [0.2, 0.25) is 0 Å². The Balaban J connectivity index is 2.27. The molecule has 0 aliphatic carbocycles. The fourth-order valence-electron chi connectivity index (χ4n) is 1.82. The lowest BCUT2D eigenvalue weighted by Crippen LogP contribution is -2.28. The summed E-state index contributed by atoms with van der Waals surface area (Å²) in [7, 11) is 0. The summed E-state index contributed by atoms with van der Waals surface area (Å²) in [6.45, 7) is 0.644. The Kier molecular flexibility index (Phi) is 5.09. The summed E-state index contributed by atoms with van der Waals surface area (Å²) < 4.78 is 32.5. The minimum atomic E-state index is -1.19. The van der Waals surface area contributed by atoms with Crippen LogP contribution in [0.15, 0.2) is 27.5 Å². The van der Waals surface area contributed by atoms with Gasteiger partial charge in [-0.2, -0.15) is 4.98 Å². The molecule has 0 unspecified atom stereocenters. The number of hydrogen-bond donors (Lipinski definition) is 1. The van der Waals surface area contributed by atoms with Gasteiger partial charge in [-0.3, -0.25) is 14.2 Å². The van der Waals surface area contributed by atoms with E-state index in [2.05, 4.69) is 20.9 Å². The molecule has 1 N–H and O–H groups in total. The van der Waals surface area contributed by atoms with Gasteiger partial charge in [0, 0.05) is 11.6 Å². The molecule has 0 aliphatic rings. The van der Waals surface area contributed by atoms with Gasteiger partial charge in [-0.25, -0.2) is 8.78 Å². The van der Waals surface area contributed by atoms with Crippen molar-refractivity contribution in [1.29, 1.82) is 0 Å². The minimum absolute atomic E-state index is 0.0770. The topological polar surface area (TPSA) is 81.4 Å². The molecule has 0 fully saturated rings. The molecule has 0 radical (unpaired) electrons. The Bertz CT molecular complexity index is 823. The normalized spacial score (nSPS) is 10.6. The first-order valence-electron chi connectivity index (χ1n) is 6.35. The van der Waals surface area contributed by atoms with Gasteiger partial charge in [0.15, 0.2) is 0 Å². The number of aliphatic carboxylic acids is 1. The maximum Gasteiger partial charge on any atom is 0.323 e. The van der Waals surface area contributed by atoms with Crippen molar-refractivity contribution in [3.8, 4) is 5.88 Å². The summed E-state index contributed by atoms with van der Waals surface area (Å²) >= 11 is 2.99. The number of aromatic nitrogens is 2. The Morgan fingerprint density at radius 3 is 2.74 bits per heavy atom. The fraction of sp³-hybridized carbons (Fsp3) is 0.214. The summed E-state index contributed by atoms with van der Waals surface area (Å²) in [6.07, 6.45) is 0. The lowest BCUT2D eigenvalue weighted by Gasteiger charge is -2.12. The molecule has 2 rings (SSSR count). The van der Waals surface area contributed by atoms with E-state index in [0.717, 1.165) is 16.7 Å². The fourth-order valence-corrected chi connectivity index (χ4v) is 2.23. The van der Waals surface area contributed by atoms with Crippen molar-refractivity contribution in [3.05, 3.63) is 56.0 Å². The number of halogens is 3. The first-order valence-corrected chi connectivity index (χ1v) is 7.14. The van der Waals surface area contributed by atoms with Crippen LogP contribution in [-0.2, 0) is 17.9 Å². The highest BCUT2D eigenvalue weighted by atomic mass is 79.9. The Morgan fingerprint density at radius 1 is 1.43 bits per heavy atom. The first kappa shape index (κ1) is 17.1. The van der Waals surface area contributed by atoms with Crippen LogP contribution >= 0.6 is 15.9 Å². The Labute approximate surface area is 137 Å². The van der Waals surface area contributed by atoms with Crippen molar-refractivity contribution in [2.45, 2.75) is 20.1 Å². The van der Waals surface area contributed by atoms with Crippen LogP contribution in [0.4, 0.5) is 8.78 Å². The molecule has 0 bridgehead atoms. The zero-order valence-corrected chi connectivity index (χ0v) is 13.4. The molecule has 9 heteroatoms. The number of nitrogens with zero attached hydrogens (tertiary/aromatic N) is 2. The SMILES string of the molecule is Cc1nc(OCc2ccc(F)cc2F)c(Br)c(=O)n1CC(=O)O. The predicted octanol–water partition coefficient (Wildman–Crippen LogP) is 2.26. The standard InChI is InChI=1S/C14H11BrF2N2O4/c1-7-18-13(12(15)14(22)19(7)5-11(20)21)23-6-8-2-3-9(16)4-10(8)17/h2-4H,5-6H2,1H3,(H,20,21). The second kappa shape index (κ2) is 6.86. The predicted molar refractivity (Wildman–Crippen MR) is 79.3 cm³/mol. The van der Waals surface area contributed by atoms with Gasteiger partial charge in [-0.15, -0.1) is 0 Å². The van der Waals surface area contributed by atoms with E-state index in [0.29, 0.717) is 0 Å². The van der Waals surface area contributed by atoms with Gasteiger partial charge in [0.1, 0.15) is 35.1 Å². The van der Waals surface area contributed by atoms with E-state index in [1.54, 1.807) is 0 Å². The third-order valence-corrected chi connectivity index (χ3v) is 3.63. The van der Waals surface area contributed by atoms with E-state index in [4.69, 9.17) is 9.84 Å². The van der Waals surface area contributed by atoms with Gasteiger partial charge in [-0.1, -0.05) is 0 Å². The van der Waals surface area contributed by atoms with Gasteiger partial charge >= 0.3 is 5.97 Å². The van der Waals surface area contributed by atoms with E-state index in [-0.39, 0.29) is 28.3 Å². The van der Waals surface area contributed by atoms with Crippen LogP contribution in [0.3, 0.4) is 0 Å². The number of carboxylic acid groups (broad SMARTS) is 1. The van der Waals surface area contributed by atoms with Crippen LogP contribution in [0.5, 0.6) is 5.88 Å². The minimum Gasteiger partial charge on any atom is -0.480 e. The lowest BCUT2D eigenvalue weighted by molar-refractivity contribution is -0.137. The largest absolute Gasteiger partial charge is 0.480 e. The average molecular weight is 389 g/mol. The molecule has 23 heavy (non-hydrogen) atoms. The van der Waals surface area contributed by atoms with Crippen LogP contribution in [0.1, 0.15) is 11.4 Å². The average Bonchev–Trinajstić information content (AvgIpc) is 2.47. The second-order valence-corrected chi connectivity index (χ2v) is 5.38. The number of benzene rings is 1.